The van der Waals surface area contributed by atoms with E-state index in [1.807, 2.05) is 6.20 Å². The van der Waals surface area contributed by atoms with Crippen LogP contribution < -0.4 is 5.32 Å². The molecule has 0 unspecified atom stereocenters. The summed E-state index contributed by atoms with van der Waals surface area (Å²) in [6, 6.07) is 4.64. The highest BCUT2D eigenvalue weighted by Crippen LogP contribution is 2.15. The molecule has 1 heterocycles. The predicted molar refractivity (Wildman–Crippen MR) is 73.7 cm³/mol. The van der Waals surface area contributed by atoms with Crippen LogP contribution in [-0.2, 0) is 19.6 Å². The first-order valence-corrected chi connectivity index (χ1v) is 6.71. The highest BCUT2D eigenvalue weighted by atomic mass is 35.5. The van der Waals surface area contributed by atoms with Crippen LogP contribution in [0.4, 0.5) is 4.39 Å². The van der Waals surface area contributed by atoms with Crippen LogP contribution >= 0.6 is 11.6 Å². The number of nitrogens with one attached hydrogen (secondary N) is 1. The summed E-state index contributed by atoms with van der Waals surface area (Å²) in [5.74, 6) is -0.415. The van der Waals surface area contributed by atoms with E-state index in [0.717, 1.165) is 11.3 Å². The quantitative estimate of drug-likeness (QED) is 0.817. The molecule has 0 aliphatic heterocycles. The minimum absolute atomic E-state index is 0.124. The number of aliphatic hydroxyl groups is 1. The molecule has 0 fully saturated rings. The molecule has 2 N–H and O–H groups in total. The standard InChI is InChI=1S/C13H16ClFN4O/c14-12-6-10(2-3-13(12)15)7-16-8-11-9-19(18-17-11)4-1-5-20/h2-3,6,9,16,20H,1,4-5,7-8H2. The second-order valence-corrected chi connectivity index (χ2v) is 4.81. The number of aromatic nitrogens is 3. The fourth-order valence-corrected chi connectivity index (χ4v) is 1.95. The highest BCUT2D eigenvalue weighted by molar-refractivity contribution is 6.30. The Kier molecular flexibility index (Phi) is 5.46. The lowest BCUT2D eigenvalue weighted by Gasteiger charge is -2.03. The van der Waals surface area contributed by atoms with Crippen LogP contribution in [0, 0.1) is 5.82 Å². The molecule has 0 aliphatic carbocycles. The van der Waals surface area contributed by atoms with Crippen LogP contribution in [0.2, 0.25) is 5.02 Å². The average Bonchev–Trinajstić information content (AvgIpc) is 2.88. The Balaban J connectivity index is 1.80. The van der Waals surface area contributed by atoms with Gasteiger partial charge in [-0.1, -0.05) is 22.9 Å². The average molecular weight is 299 g/mol. The molecule has 0 spiro atoms. The summed E-state index contributed by atoms with van der Waals surface area (Å²) in [4.78, 5) is 0. The summed E-state index contributed by atoms with van der Waals surface area (Å²) < 4.78 is 14.7. The van der Waals surface area contributed by atoms with Crippen LogP contribution in [0.25, 0.3) is 0 Å². The van der Waals surface area contributed by atoms with Gasteiger partial charge in [-0.05, 0) is 24.1 Å². The smallest absolute Gasteiger partial charge is 0.141 e. The van der Waals surface area contributed by atoms with Crippen molar-refractivity contribution in [1.29, 1.82) is 0 Å². The van der Waals surface area contributed by atoms with E-state index in [-0.39, 0.29) is 11.6 Å². The lowest BCUT2D eigenvalue weighted by molar-refractivity contribution is 0.276. The second-order valence-electron chi connectivity index (χ2n) is 4.40. The molecule has 2 rings (SSSR count). The van der Waals surface area contributed by atoms with E-state index in [0.29, 0.717) is 26.1 Å². The van der Waals surface area contributed by atoms with E-state index < -0.39 is 5.82 Å². The topological polar surface area (TPSA) is 63.0 Å². The van der Waals surface area contributed by atoms with Crippen molar-refractivity contribution in [1.82, 2.24) is 20.3 Å². The number of nitrogens with zero attached hydrogens (tertiary/aromatic N) is 3. The number of rotatable bonds is 7. The van der Waals surface area contributed by atoms with E-state index >= 15 is 0 Å². The number of aryl methyl sites for hydroxylation is 1. The maximum atomic E-state index is 13.0. The molecule has 0 saturated carbocycles. The van der Waals surface area contributed by atoms with E-state index in [4.69, 9.17) is 16.7 Å². The maximum absolute atomic E-state index is 13.0. The van der Waals surface area contributed by atoms with Crippen molar-refractivity contribution in [2.45, 2.75) is 26.1 Å². The molecular weight excluding hydrogens is 283 g/mol. The van der Waals surface area contributed by atoms with Gasteiger partial charge in [-0.25, -0.2) is 4.39 Å². The van der Waals surface area contributed by atoms with Crippen molar-refractivity contribution in [3.05, 3.63) is 46.5 Å². The molecule has 1 aromatic carbocycles. The number of halogens is 2. The van der Waals surface area contributed by atoms with Crippen LogP contribution in [0.5, 0.6) is 0 Å². The van der Waals surface area contributed by atoms with Gasteiger partial charge in [-0.15, -0.1) is 5.10 Å². The van der Waals surface area contributed by atoms with Crippen molar-refractivity contribution in [3.8, 4) is 0 Å². The third-order valence-corrected chi connectivity index (χ3v) is 3.04. The normalized spacial score (nSPS) is 10.9. The summed E-state index contributed by atoms with van der Waals surface area (Å²) >= 11 is 5.71. The van der Waals surface area contributed by atoms with Crippen LogP contribution in [0.15, 0.2) is 24.4 Å². The van der Waals surface area contributed by atoms with Crippen LogP contribution in [-0.4, -0.2) is 26.7 Å². The minimum atomic E-state index is -0.415. The maximum Gasteiger partial charge on any atom is 0.141 e. The number of hydrogen-bond donors (Lipinski definition) is 2. The van der Waals surface area contributed by atoms with Crippen molar-refractivity contribution in [2.24, 2.45) is 0 Å². The number of benzene rings is 1. The first-order chi connectivity index (χ1) is 9.69. The Morgan fingerprint density at radius 2 is 2.20 bits per heavy atom. The molecule has 2 aromatic rings. The van der Waals surface area contributed by atoms with Gasteiger partial charge < -0.3 is 10.4 Å². The van der Waals surface area contributed by atoms with E-state index in [9.17, 15) is 4.39 Å². The second kappa shape index (κ2) is 7.33. The van der Waals surface area contributed by atoms with Crippen molar-refractivity contribution in [2.75, 3.05) is 6.61 Å². The molecule has 0 atom stereocenters. The van der Waals surface area contributed by atoms with Crippen molar-refractivity contribution in [3.63, 3.8) is 0 Å². The predicted octanol–water partition coefficient (Wildman–Crippen LogP) is 1.74. The number of hydrogen-bond acceptors (Lipinski definition) is 4. The summed E-state index contributed by atoms with van der Waals surface area (Å²) in [5.41, 5.74) is 1.72. The molecule has 108 valence electrons. The lowest BCUT2D eigenvalue weighted by atomic mass is 10.2. The Labute approximate surface area is 121 Å². The largest absolute Gasteiger partial charge is 0.396 e. The molecule has 1 aromatic heterocycles. The van der Waals surface area contributed by atoms with Crippen molar-refractivity contribution >= 4 is 11.6 Å². The SMILES string of the molecule is OCCCn1cc(CNCc2ccc(F)c(Cl)c2)nn1. The van der Waals surface area contributed by atoms with Gasteiger partial charge in [0.15, 0.2) is 0 Å². The van der Waals surface area contributed by atoms with E-state index in [1.54, 1.807) is 16.8 Å². The van der Waals surface area contributed by atoms with Gasteiger partial charge in [-0.2, -0.15) is 0 Å². The molecule has 7 heteroatoms. The Morgan fingerprint density at radius 3 is 2.95 bits per heavy atom. The van der Waals surface area contributed by atoms with Gasteiger partial charge >= 0.3 is 0 Å². The Morgan fingerprint density at radius 1 is 1.35 bits per heavy atom. The molecule has 0 saturated heterocycles. The zero-order valence-corrected chi connectivity index (χ0v) is 11.6. The third-order valence-electron chi connectivity index (χ3n) is 2.75. The summed E-state index contributed by atoms with van der Waals surface area (Å²) in [5, 5.41) is 20.0. The molecule has 0 aliphatic rings. The van der Waals surface area contributed by atoms with Gasteiger partial charge in [0, 0.05) is 32.4 Å². The first-order valence-electron chi connectivity index (χ1n) is 6.33. The van der Waals surface area contributed by atoms with Gasteiger partial charge in [0.05, 0.1) is 10.7 Å². The molecule has 0 bridgehead atoms. The van der Waals surface area contributed by atoms with Gasteiger partial charge in [-0.3, -0.25) is 4.68 Å². The van der Waals surface area contributed by atoms with Gasteiger partial charge in [0.25, 0.3) is 0 Å². The van der Waals surface area contributed by atoms with Crippen LogP contribution in [0.3, 0.4) is 0 Å². The molecular formula is C13H16ClFN4O. The summed E-state index contributed by atoms with van der Waals surface area (Å²) in [6.45, 7) is 1.92. The molecule has 20 heavy (non-hydrogen) atoms. The molecule has 0 amide bonds. The molecule has 0 radical (unpaired) electrons. The highest BCUT2D eigenvalue weighted by Gasteiger charge is 2.03. The zero-order chi connectivity index (χ0) is 14.4. The first kappa shape index (κ1) is 14.9. The Hall–Kier alpha value is -1.50. The van der Waals surface area contributed by atoms with Gasteiger partial charge in [0.2, 0.25) is 0 Å². The number of aliphatic hydroxyl groups excluding tert-OH is 1. The fraction of sp³-hybridized carbons (Fsp3) is 0.385. The van der Waals surface area contributed by atoms with Gasteiger partial charge in [0.1, 0.15) is 5.82 Å². The molecule has 5 nitrogen and oxygen atoms in total. The Bertz CT molecular complexity index is 561. The third kappa shape index (κ3) is 4.26. The zero-order valence-electron chi connectivity index (χ0n) is 10.9. The fourth-order valence-electron chi connectivity index (χ4n) is 1.75. The van der Waals surface area contributed by atoms with E-state index in [2.05, 4.69) is 15.6 Å². The van der Waals surface area contributed by atoms with Crippen LogP contribution in [0.1, 0.15) is 17.7 Å². The summed E-state index contributed by atoms with van der Waals surface area (Å²) in [7, 11) is 0. The summed E-state index contributed by atoms with van der Waals surface area (Å²) in [6.07, 6.45) is 2.49. The van der Waals surface area contributed by atoms with Crippen molar-refractivity contribution < 1.29 is 9.50 Å². The minimum Gasteiger partial charge on any atom is -0.396 e. The lowest BCUT2D eigenvalue weighted by Crippen LogP contribution is -2.13. The van der Waals surface area contributed by atoms with E-state index in [1.165, 1.54) is 6.07 Å². The monoisotopic (exact) mass is 298 g/mol.